The van der Waals surface area contributed by atoms with Gasteiger partial charge in [0.2, 0.25) is 5.01 Å². The Bertz CT molecular complexity index is 697. The van der Waals surface area contributed by atoms with Crippen LogP contribution < -0.4 is 10.6 Å². The van der Waals surface area contributed by atoms with Crippen molar-refractivity contribution in [2.45, 2.75) is 13.3 Å². The molecule has 1 heterocycles. The maximum absolute atomic E-state index is 12.1. The van der Waals surface area contributed by atoms with E-state index in [2.05, 4.69) is 20.8 Å². The normalized spacial score (nSPS) is 10.7. The van der Waals surface area contributed by atoms with Gasteiger partial charge in [-0.05, 0) is 44.8 Å². The first-order valence-corrected chi connectivity index (χ1v) is 8.48. The number of benzene rings is 1. The molecule has 1 aromatic heterocycles. The topological polar surface area (TPSA) is 87.2 Å². The van der Waals surface area contributed by atoms with Crippen LogP contribution in [0.2, 0.25) is 0 Å². The zero-order valence-electron chi connectivity index (χ0n) is 14.0. The van der Waals surface area contributed by atoms with Gasteiger partial charge in [0.1, 0.15) is 5.01 Å². The monoisotopic (exact) mass is 347 g/mol. The van der Waals surface area contributed by atoms with E-state index < -0.39 is 0 Å². The van der Waals surface area contributed by atoms with Crippen molar-refractivity contribution in [3.8, 4) is 0 Å². The maximum atomic E-state index is 12.1. The lowest BCUT2D eigenvalue weighted by atomic mass is 10.2. The summed E-state index contributed by atoms with van der Waals surface area (Å²) in [4.78, 5) is 26.1. The number of aromatic nitrogens is 2. The Balaban J connectivity index is 1.91. The largest absolute Gasteiger partial charge is 0.351 e. The van der Waals surface area contributed by atoms with Crippen molar-refractivity contribution in [3.63, 3.8) is 0 Å². The number of carbonyl (C=O) groups is 2. The molecule has 128 valence electrons. The van der Waals surface area contributed by atoms with E-state index >= 15 is 0 Å². The molecule has 7 nitrogen and oxygen atoms in total. The molecule has 24 heavy (non-hydrogen) atoms. The minimum absolute atomic E-state index is 0.133. The van der Waals surface area contributed by atoms with Gasteiger partial charge in [-0.2, -0.15) is 0 Å². The van der Waals surface area contributed by atoms with E-state index in [1.54, 1.807) is 24.3 Å². The molecular formula is C16H21N5O2S. The molecule has 0 saturated carbocycles. The zero-order chi connectivity index (χ0) is 17.5. The third kappa shape index (κ3) is 5.10. The highest BCUT2D eigenvalue weighted by Gasteiger charge is 2.12. The molecule has 8 heteroatoms. The van der Waals surface area contributed by atoms with Gasteiger partial charge in [0.15, 0.2) is 0 Å². The van der Waals surface area contributed by atoms with Crippen LogP contribution in [0.15, 0.2) is 24.3 Å². The number of anilines is 1. The van der Waals surface area contributed by atoms with E-state index in [-0.39, 0.29) is 11.8 Å². The van der Waals surface area contributed by atoms with Crippen molar-refractivity contribution in [1.82, 2.24) is 20.4 Å². The van der Waals surface area contributed by atoms with Crippen molar-refractivity contribution < 1.29 is 9.59 Å². The number of nitrogens with one attached hydrogen (secondary N) is 2. The molecule has 0 spiro atoms. The summed E-state index contributed by atoms with van der Waals surface area (Å²) < 4.78 is 0. The lowest BCUT2D eigenvalue weighted by Crippen LogP contribution is -2.31. The first kappa shape index (κ1) is 18.0. The molecule has 2 amide bonds. The van der Waals surface area contributed by atoms with Gasteiger partial charge in [0.05, 0.1) is 0 Å². The first-order valence-electron chi connectivity index (χ1n) is 7.66. The Hall–Kier alpha value is -2.32. The van der Waals surface area contributed by atoms with Crippen molar-refractivity contribution >= 4 is 28.8 Å². The van der Waals surface area contributed by atoms with Crippen molar-refractivity contribution in [3.05, 3.63) is 39.8 Å². The molecule has 1 aromatic carbocycles. The van der Waals surface area contributed by atoms with Crippen LogP contribution in [0, 0.1) is 0 Å². The molecule has 0 unspecified atom stereocenters. The van der Waals surface area contributed by atoms with Crippen LogP contribution in [-0.2, 0) is 6.42 Å². The molecule has 2 N–H and O–H groups in total. The number of nitrogens with zero attached hydrogens (tertiary/aromatic N) is 3. The fraction of sp³-hybridized carbons (Fsp3) is 0.375. The highest BCUT2D eigenvalue weighted by Crippen LogP contribution is 2.14. The zero-order valence-corrected chi connectivity index (χ0v) is 14.8. The van der Waals surface area contributed by atoms with E-state index in [9.17, 15) is 9.59 Å². The lowest BCUT2D eigenvalue weighted by Gasteiger charge is -2.10. The molecule has 0 aliphatic rings. The molecule has 0 atom stereocenters. The van der Waals surface area contributed by atoms with Crippen molar-refractivity contribution in [2.24, 2.45) is 0 Å². The Morgan fingerprint density at radius 2 is 1.83 bits per heavy atom. The van der Waals surface area contributed by atoms with Crippen LogP contribution in [0.25, 0.3) is 0 Å². The third-order valence-electron chi connectivity index (χ3n) is 3.21. The third-order valence-corrected chi connectivity index (χ3v) is 4.28. The first-order chi connectivity index (χ1) is 11.5. The summed E-state index contributed by atoms with van der Waals surface area (Å²) in [5.74, 6) is -0.429. The number of hydrogen-bond donors (Lipinski definition) is 2. The van der Waals surface area contributed by atoms with Crippen LogP contribution >= 0.6 is 11.3 Å². The molecular weight excluding hydrogens is 326 g/mol. The minimum Gasteiger partial charge on any atom is -0.351 e. The molecule has 0 radical (unpaired) electrons. The SMILES string of the molecule is CCc1nnc(C(=O)Nc2ccc(C(=O)NCCN(C)C)cc2)s1. The van der Waals surface area contributed by atoms with Crippen LogP contribution in [0.1, 0.15) is 32.1 Å². The predicted molar refractivity (Wildman–Crippen MR) is 94.6 cm³/mol. The average molecular weight is 347 g/mol. The Morgan fingerprint density at radius 1 is 1.12 bits per heavy atom. The second-order valence-corrected chi connectivity index (χ2v) is 6.51. The number of carbonyl (C=O) groups excluding carboxylic acids is 2. The average Bonchev–Trinajstić information content (AvgIpc) is 3.04. The van der Waals surface area contributed by atoms with E-state index in [4.69, 9.17) is 0 Å². The molecule has 2 aromatic rings. The Kier molecular flexibility index (Phi) is 6.39. The van der Waals surface area contributed by atoms with Gasteiger partial charge in [-0.3, -0.25) is 9.59 Å². The standard InChI is InChI=1S/C16H21N5O2S/c1-4-13-19-20-16(24-13)15(23)18-12-7-5-11(6-8-12)14(22)17-9-10-21(2)3/h5-8H,4,9-10H2,1-3H3,(H,17,22)(H,18,23). The number of aryl methyl sites for hydroxylation is 1. The van der Waals surface area contributed by atoms with E-state index in [0.29, 0.717) is 22.8 Å². The van der Waals surface area contributed by atoms with Crippen LogP contribution in [0.3, 0.4) is 0 Å². The van der Waals surface area contributed by atoms with Crippen LogP contribution in [-0.4, -0.2) is 54.1 Å². The van der Waals surface area contributed by atoms with E-state index in [1.165, 1.54) is 11.3 Å². The van der Waals surface area contributed by atoms with Crippen molar-refractivity contribution in [1.29, 1.82) is 0 Å². The van der Waals surface area contributed by atoms with Gasteiger partial charge in [0, 0.05) is 24.3 Å². The molecule has 0 fully saturated rings. The quantitative estimate of drug-likeness (QED) is 0.795. The fourth-order valence-electron chi connectivity index (χ4n) is 1.87. The highest BCUT2D eigenvalue weighted by atomic mass is 32.1. The van der Waals surface area contributed by atoms with Gasteiger partial charge < -0.3 is 15.5 Å². The summed E-state index contributed by atoms with van der Waals surface area (Å²) in [6, 6.07) is 6.75. The number of hydrogen-bond acceptors (Lipinski definition) is 6. The Morgan fingerprint density at radius 3 is 2.42 bits per heavy atom. The summed E-state index contributed by atoms with van der Waals surface area (Å²) in [7, 11) is 3.90. The predicted octanol–water partition coefficient (Wildman–Crippen LogP) is 1.64. The molecule has 0 bridgehead atoms. The second kappa shape index (κ2) is 8.51. The minimum atomic E-state index is -0.296. The fourth-order valence-corrected chi connectivity index (χ4v) is 2.55. The summed E-state index contributed by atoms with van der Waals surface area (Å²) in [6.07, 6.45) is 0.753. The summed E-state index contributed by atoms with van der Waals surface area (Å²) >= 11 is 1.28. The van der Waals surface area contributed by atoms with Gasteiger partial charge in [-0.1, -0.05) is 18.3 Å². The number of amides is 2. The van der Waals surface area contributed by atoms with Gasteiger partial charge in [0.25, 0.3) is 11.8 Å². The van der Waals surface area contributed by atoms with Crippen molar-refractivity contribution in [2.75, 3.05) is 32.5 Å². The molecule has 0 aliphatic carbocycles. The van der Waals surface area contributed by atoms with E-state index in [1.807, 2.05) is 25.9 Å². The van der Waals surface area contributed by atoms with Gasteiger partial charge in [-0.15, -0.1) is 10.2 Å². The molecule has 0 aliphatic heterocycles. The number of rotatable bonds is 7. The smallest absolute Gasteiger partial charge is 0.286 e. The second-order valence-electron chi connectivity index (χ2n) is 5.45. The van der Waals surface area contributed by atoms with Gasteiger partial charge in [-0.25, -0.2) is 0 Å². The van der Waals surface area contributed by atoms with Crippen LogP contribution in [0.5, 0.6) is 0 Å². The maximum Gasteiger partial charge on any atom is 0.286 e. The van der Waals surface area contributed by atoms with E-state index in [0.717, 1.165) is 18.0 Å². The van der Waals surface area contributed by atoms with Gasteiger partial charge >= 0.3 is 0 Å². The summed E-state index contributed by atoms with van der Waals surface area (Å²) in [6.45, 7) is 3.33. The van der Waals surface area contributed by atoms with Crippen LogP contribution in [0.4, 0.5) is 5.69 Å². The summed E-state index contributed by atoms with van der Waals surface area (Å²) in [5, 5.41) is 14.5. The lowest BCUT2D eigenvalue weighted by molar-refractivity contribution is 0.0950. The summed E-state index contributed by atoms with van der Waals surface area (Å²) in [5.41, 5.74) is 1.16. The molecule has 2 rings (SSSR count). The molecule has 0 saturated heterocycles. The number of likely N-dealkylation sites (N-methyl/N-ethyl adjacent to an activating group) is 1. The highest BCUT2D eigenvalue weighted by molar-refractivity contribution is 7.13. The Labute approximate surface area is 145 Å².